The highest BCUT2D eigenvalue weighted by Gasteiger charge is 2.20. The van der Waals surface area contributed by atoms with E-state index in [4.69, 9.17) is 0 Å². The Balaban J connectivity index is 2.23. The molecule has 2 heterocycles. The zero-order valence-corrected chi connectivity index (χ0v) is 12.6. The Labute approximate surface area is 116 Å². The van der Waals surface area contributed by atoms with E-state index in [-0.39, 0.29) is 0 Å². The third-order valence-electron chi connectivity index (χ3n) is 2.82. The van der Waals surface area contributed by atoms with E-state index in [1.165, 1.54) is 11.3 Å². The van der Waals surface area contributed by atoms with Gasteiger partial charge in [-0.15, -0.1) is 0 Å². The van der Waals surface area contributed by atoms with Gasteiger partial charge in [0.05, 0.1) is 0 Å². The summed E-state index contributed by atoms with van der Waals surface area (Å²) in [6, 6.07) is 2.16. The van der Waals surface area contributed by atoms with Gasteiger partial charge in [0.15, 0.2) is 0 Å². The summed E-state index contributed by atoms with van der Waals surface area (Å²) in [4.78, 5) is 6.99. The Morgan fingerprint density at radius 3 is 3.18 bits per heavy atom. The number of nitrogens with zero attached hydrogens (tertiary/aromatic N) is 2. The van der Waals surface area contributed by atoms with Crippen LogP contribution in [-0.2, 0) is 6.54 Å². The smallest absolute Gasteiger partial charge is 0.133 e. The lowest BCUT2D eigenvalue weighted by Gasteiger charge is -2.32. The van der Waals surface area contributed by atoms with Crippen molar-refractivity contribution in [2.24, 2.45) is 0 Å². The van der Waals surface area contributed by atoms with E-state index in [0.29, 0.717) is 5.25 Å². The van der Waals surface area contributed by atoms with Crippen LogP contribution in [0.3, 0.4) is 0 Å². The maximum absolute atomic E-state index is 4.58. The second kappa shape index (κ2) is 6.07. The van der Waals surface area contributed by atoms with Crippen LogP contribution >= 0.6 is 27.7 Å². The van der Waals surface area contributed by atoms with Gasteiger partial charge in [-0.25, -0.2) is 4.98 Å². The fourth-order valence-electron chi connectivity index (χ4n) is 2.09. The summed E-state index contributed by atoms with van der Waals surface area (Å²) in [5.74, 6) is 2.33. The molecule has 0 amide bonds. The van der Waals surface area contributed by atoms with Crippen molar-refractivity contribution in [1.82, 2.24) is 10.3 Å². The van der Waals surface area contributed by atoms with Crippen molar-refractivity contribution < 1.29 is 0 Å². The lowest BCUT2D eigenvalue weighted by atomic mass is 10.2. The molecule has 0 aromatic carbocycles. The van der Waals surface area contributed by atoms with Crippen LogP contribution in [0.5, 0.6) is 0 Å². The van der Waals surface area contributed by atoms with E-state index in [2.05, 4.69) is 44.1 Å². The van der Waals surface area contributed by atoms with Gasteiger partial charge >= 0.3 is 0 Å². The second-order valence-electron chi connectivity index (χ2n) is 4.29. The van der Waals surface area contributed by atoms with Gasteiger partial charge in [-0.05, 0) is 29.0 Å². The summed E-state index contributed by atoms with van der Waals surface area (Å²) in [6.45, 7) is 5.34. The number of hydrogen-bond donors (Lipinski definition) is 1. The molecule has 94 valence electrons. The van der Waals surface area contributed by atoms with Crippen LogP contribution in [0.2, 0.25) is 0 Å². The van der Waals surface area contributed by atoms with Gasteiger partial charge in [0.2, 0.25) is 0 Å². The van der Waals surface area contributed by atoms with E-state index < -0.39 is 0 Å². The number of anilines is 1. The van der Waals surface area contributed by atoms with Gasteiger partial charge in [0.1, 0.15) is 5.82 Å². The Morgan fingerprint density at radius 2 is 2.47 bits per heavy atom. The average Bonchev–Trinajstić information content (AvgIpc) is 2.29. The van der Waals surface area contributed by atoms with Crippen molar-refractivity contribution in [3.63, 3.8) is 0 Å². The molecule has 1 aromatic heterocycles. The molecule has 1 saturated heterocycles. The Morgan fingerprint density at radius 1 is 1.65 bits per heavy atom. The van der Waals surface area contributed by atoms with Crippen LogP contribution in [0.4, 0.5) is 5.82 Å². The second-order valence-corrected chi connectivity index (χ2v) is 6.76. The molecule has 0 bridgehead atoms. The molecule has 1 atom stereocenters. The van der Waals surface area contributed by atoms with Crippen LogP contribution in [-0.4, -0.2) is 36.1 Å². The zero-order chi connectivity index (χ0) is 12.3. The third-order valence-corrected chi connectivity index (χ3v) is 4.39. The number of pyridine rings is 1. The molecule has 1 aliphatic heterocycles. The Kier molecular flexibility index (Phi) is 4.70. The maximum Gasteiger partial charge on any atom is 0.133 e. The average molecular weight is 316 g/mol. The Hall–Kier alpha value is -0.260. The molecule has 2 rings (SSSR count). The standard InChI is InChI=1S/C12H18BrN3S/c1-9-8-16(3-4-17-9)12-10(6-14-2)5-11(13)7-15-12/h5,7,9,14H,3-4,6,8H2,1-2H3. The van der Waals surface area contributed by atoms with E-state index in [1.807, 2.05) is 25.0 Å². The van der Waals surface area contributed by atoms with Gasteiger partial charge in [-0.2, -0.15) is 11.8 Å². The summed E-state index contributed by atoms with van der Waals surface area (Å²) in [6.07, 6.45) is 1.89. The number of aromatic nitrogens is 1. The maximum atomic E-state index is 4.58. The monoisotopic (exact) mass is 315 g/mol. The normalized spacial score (nSPS) is 20.6. The lowest BCUT2D eigenvalue weighted by molar-refractivity contribution is 0.746. The highest BCUT2D eigenvalue weighted by atomic mass is 79.9. The van der Waals surface area contributed by atoms with Crippen molar-refractivity contribution >= 4 is 33.5 Å². The summed E-state index contributed by atoms with van der Waals surface area (Å²) in [5.41, 5.74) is 1.26. The Bertz CT molecular complexity index is 386. The highest BCUT2D eigenvalue weighted by molar-refractivity contribution is 9.10. The first-order valence-corrected chi connectivity index (χ1v) is 7.70. The minimum absolute atomic E-state index is 0.691. The largest absolute Gasteiger partial charge is 0.354 e. The molecule has 1 fully saturated rings. The molecule has 17 heavy (non-hydrogen) atoms. The van der Waals surface area contributed by atoms with Crippen LogP contribution < -0.4 is 10.2 Å². The fourth-order valence-corrected chi connectivity index (χ4v) is 3.48. The van der Waals surface area contributed by atoms with E-state index >= 15 is 0 Å². The summed E-state index contributed by atoms with van der Waals surface area (Å²) >= 11 is 5.53. The summed E-state index contributed by atoms with van der Waals surface area (Å²) in [5, 5.41) is 3.90. The fraction of sp³-hybridized carbons (Fsp3) is 0.583. The summed E-state index contributed by atoms with van der Waals surface area (Å²) in [7, 11) is 1.97. The molecule has 1 aromatic rings. The minimum Gasteiger partial charge on any atom is -0.354 e. The topological polar surface area (TPSA) is 28.2 Å². The number of thioether (sulfide) groups is 1. The number of rotatable bonds is 3. The molecule has 3 nitrogen and oxygen atoms in total. The van der Waals surface area contributed by atoms with Crippen LogP contribution in [0.15, 0.2) is 16.7 Å². The predicted octanol–water partition coefficient (Wildman–Crippen LogP) is 2.51. The molecular formula is C12H18BrN3S. The molecule has 0 radical (unpaired) electrons. The lowest BCUT2D eigenvalue weighted by Crippen LogP contribution is -2.38. The van der Waals surface area contributed by atoms with E-state index in [0.717, 1.165) is 29.9 Å². The number of halogens is 1. The molecule has 1 aliphatic rings. The first-order valence-electron chi connectivity index (χ1n) is 5.86. The molecule has 0 saturated carbocycles. The summed E-state index contributed by atoms with van der Waals surface area (Å²) < 4.78 is 1.05. The van der Waals surface area contributed by atoms with Crippen molar-refractivity contribution in [3.8, 4) is 0 Å². The van der Waals surface area contributed by atoms with Crippen molar-refractivity contribution in [2.75, 3.05) is 30.8 Å². The number of nitrogens with one attached hydrogen (secondary N) is 1. The first kappa shape index (κ1) is 13.2. The van der Waals surface area contributed by atoms with Gasteiger partial charge in [-0.3, -0.25) is 0 Å². The predicted molar refractivity (Wildman–Crippen MR) is 78.8 cm³/mol. The van der Waals surface area contributed by atoms with Gasteiger partial charge < -0.3 is 10.2 Å². The van der Waals surface area contributed by atoms with Crippen molar-refractivity contribution in [2.45, 2.75) is 18.7 Å². The molecule has 0 spiro atoms. The SMILES string of the molecule is CNCc1cc(Br)cnc1N1CCSC(C)C1. The molecule has 5 heteroatoms. The molecule has 1 N–H and O–H groups in total. The van der Waals surface area contributed by atoms with Crippen LogP contribution in [0.1, 0.15) is 12.5 Å². The third kappa shape index (κ3) is 3.36. The van der Waals surface area contributed by atoms with Gasteiger partial charge in [0, 0.05) is 46.9 Å². The first-order chi connectivity index (χ1) is 8.20. The van der Waals surface area contributed by atoms with Crippen LogP contribution in [0.25, 0.3) is 0 Å². The quantitative estimate of drug-likeness (QED) is 0.927. The molecule has 1 unspecified atom stereocenters. The van der Waals surface area contributed by atoms with Crippen molar-refractivity contribution in [1.29, 1.82) is 0 Å². The van der Waals surface area contributed by atoms with Gasteiger partial charge in [-0.1, -0.05) is 6.92 Å². The van der Waals surface area contributed by atoms with E-state index in [1.54, 1.807) is 0 Å². The van der Waals surface area contributed by atoms with Crippen molar-refractivity contribution in [3.05, 3.63) is 22.3 Å². The molecular weight excluding hydrogens is 298 g/mol. The van der Waals surface area contributed by atoms with Gasteiger partial charge in [0.25, 0.3) is 0 Å². The number of hydrogen-bond acceptors (Lipinski definition) is 4. The highest BCUT2D eigenvalue weighted by Crippen LogP contribution is 2.26. The van der Waals surface area contributed by atoms with Crippen LogP contribution in [0, 0.1) is 0 Å². The zero-order valence-electron chi connectivity index (χ0n) is 10.2. The van der Waals surface area contributed by atoms with E-state index in [9.17, 15) is 0 Å². The minimum atomic E-state index is 0.691. The molecule has 0 aliphatic carbocycles.